The molecule has 3 aromatic heterocycles. The molecule has 4 rings (SSSR count). The van der Waals surface area contributed by atoms with Crippen molar-refractivity contribution in [2.24, 2.45) is 12.1 Å². The van der Waals surface area contributed by atoms with Gasteiger partial charge in [0.15, 0.2) is 0 Å². The minimum Gasteiger partial charge on any atom is -0.467 e. The predicted octanol–water partition coefficient (Wildman–Crippen LogP) is 2.78. The Kier molecular flexibility index (Phi) is 4.19. The van der Waals surface area contributed by atoms with Gasteiger partial charge in [0.05, 0.1) is 16.9 Å². The van der Waals surface area contributed by atoms with E-state index < -0.39 is 0 Å². The summed E-state index contributed by atoms with van der Waals surface area (Å²) in [6.45, 7) is 0. The first-order valence-electron chi connectivity index (χ1n) is 8.02. The predicted molar refractivity (Wildman–Crippen MR) is 93.1 cm³/mol. The van der Waals surface area contributed by atoms with E-state index in [0.717, 1.165) is 22.2 Å². The maximum absolute atomic E-state index is 12.8. The SMILES string of the molecule is Cn1cnnc1CCC(=O)N1N=C(c2cccs2)CC1c1ccco1. The van der Waals surface area contributed by atoms with Crippen LogP contribution >= 0.6 is 11.3 Å². The van der Waals surface area contributed by atoms with Crippen LogP contribution in [0.5, 0.6) is 0 Å². The van der Waals surface area contributed by atoms with Gasteiger partial charge in [-0.2, -0.15) is 5.10 Å². The second kappa shape index (κ2) is 6.64. The van der Waals surface area contributed by atoms with Crippen LogP contribution in [0.1, 0.15) is 35.3 Å². The monoisotopic (exact) mass is 355 g/mol. The number of carbonyl (C=O) groups excluding carboxylic acids is 1. The molecule has 1 atom stereocenters. The highest BCUT2D eigenvalue weighted by atomic mass is 32.1. The number of hydrogen-bond donors (Lipinski definition) is 0. The zero-order chi connectivity index (χ0) is 17.2. The van der Waals surface area contributed by atoms with Gasteiger partial charge in [0, 0.05) is 26.3 Å². The summed E-state index contributed by atoms with van der Waals surface area (Å²) >= 11 is 1.63. The van der Waals surface area contributed by atoms with Crippen LogP contribution in [-0.4, -0.2) is 31.4 Å². The average molecular weight is 355 g/mol. The molecule has 0 radical (unpaired) electrons. The third kappa shape index (κ3) is 3.12. The molecule has 25 heavy (non-hydrogen) atoms. The molecule has 0 aliphatic carbocycles. The average Bonchev–Trinajstić information content (AvgIpc) is 3.38. The van der Waals surface area contributed by atoms with Gasteiger partial charge in [-0.1, -0.05) is 6.07 Å². The second-order valence-corrected chi connectivity index (χ2v) is 6.80. The Morgan fingerprint density at radius 2 is 2.32 bits per heavy atom. The third-order valence-electron chi connectivity index (χ3n) is 4.21. The summed E-state index contributed by atoms with van der Waals surface area (Å²) in [7, 11) is 1.87. The van der Waals surface area contributed by atoms with Gasteiger partial charge < -0.3 is 8.98 Å². The van der Waals surface area contributed by atoms with Crippen molar-refractivity contribution in [1.82, 2.24) is 19.8 Å². The number of hydrazone groups is 1. The second-order valence-electron chi connectivity index (χ2n) is 5.86. The van der Waals surface area contributed by atoms with E-state index in [2.05, 4.69) is 15.3 Å². The minimum absolute atomic E-state index is 0.0454. The zero-order valence-corrected chi connectivity index (χ0v) is 14.5. The molecule has 1 unspecified atom stereocenters. The van der Waals surface area contributed by atoms with E-state index in [1.165, 1.54) is 0 Å². The molecular weight excluding hydrogens is 338 g/mol. The molecule has 0 bridgehead atoms. The smallest absolute Gasteiger partial charge is 0.243 e. The van der Waals surface area contributed by atoms with E-state index in [-0.39, 0.29) is 11.9 Å². The number of amides is 1. The molecule has 3 aromatic rings. The Balaban J connectivity index is 1.55. The molecule has 128 valence electrons. The van der Waals surface area contributed by atoms with E-state index in [9.17, 15) is 4.79 Å². The molecule has 0 spiro atoms. The van der Waals surface area contributed by atoms with Crippen LogP contribution in [0.25, 0.3) is 0 Å². The largest absolute Gasteiger partial charge is 0.467 e. The standard InChI is InChI=1S/C17H17N5O2S/c1-21-11-18-19-16(21)6-7-17(23)22-13(14-4-2-8-24-14)10-12(20-22)15-5-3-9-25-15/h2-5,8-9,11,13H,6-7,10H2,1H3. The van der Waals surface area contributed by atoms with Gasteiger partial charge in [-0.15, -0.1) is 21.5 Å². The van der Waals surface area contributed by atoms with E-state index in [1.807, 2.05) is 41.3 Å². The van der Waals surface area contributed by atoms with Crippen LogP contribution in [0.4, 0.5) is 0 Å². The summed E-state index contributed by atoms with van der Waals surface area (Å²) in [5, 5.41) is 16.0. The summed E-state index contributed by atoms with van der Waals surface area (Å²) in [6.07, 6.45) is 4.77. The van der Waals surface area contributed by atoms with Crippen molar-refractivity contribution in [3.05, 3.63) is 58.7 Å². The van der Waals surface area contributed by atoms with E-state index in [4.69, 9.17) is 4.42 Å². The molecule has 7 nitrogen and oxygen atoms in total. The minimum atomic E-state index is -0.195. The first-order chi connectivity index (χ1) is 12.2. The highest BCUT2D eigenvalue weighted by Gasteiger charge is 2.34. The van der Waals surface area contributed by atoms with Gasteiger partial charge in [-0.05, 0) is 23.6 Å². The summed E-state index contributed by atoms with van der Waals surface area (Å²) in [5.74, 6) is 1.49. The molecule has 0 N–H and O–H groups in total. The first kappa shape index (κ1) is 15.8. The number of furan rings is 1. The number of hydrogen-bond acceptors (Lipinski definition) is 6. The van der Waals surface area contributed by atoms with Crippen molar-refractivity contribution in [2.75, 3.05) is 0 Å². The van der Waals surface area contributed by atoms with Gasteiger partial charge in [0.25, 0.3) is 0 Å². The number of nitrogens with zero attached hydrogens (tertiary/aromatic N) is 5. The van der Waals surface area contributed by atoms with E-state index in [1.54, 1.807) is 28.9 Å². The molecule has 1 amide bonds. The van der Waals surface area contributed by atoms with Gasteiger partial charge in [-0.3, -0.25) is 4.79 Å². The highest BCUT2D eigenvalue weighted by molar-refractivity contribution is 7.12. The number of aryl methyl sites for hydroxylation is 2. The van der Waals surface area contributed by atoms with Crippen LogP contribution in [0.2, 0.25) is 0 Å². The van der Waals surface area contributed by atoms with Crippen molar-refractivity contribution in [2.45, 2.75) is 25.3 Å². The molecule has 0 fully saturated rings. The van der Waals surface area contributed by atoms with Gasteiger partial charge >= 0.3 is 0 Å². The number of carbonyl (C=O) groups is 1. The highest BCUT2D eigenvalue weighted by Crippen LogP contribution is 2.34. The quantitative estimate of drug-likeness (QED) is 0.705. The Morgan fingerprint density at radius 3 is 3.00 bits per heavy atom. The lowest BCUT2D eigenvalue weighted by atomic mass is 10.1. The summed E-state index contributed by atoms with van der Waals surface area (Å²) in [4.78, 5) is 13.9. The molecule has 1 aliphatic heterocycles. The summed E-state index contributed by atoms with van der Waals surface area (Å²) in [6, 6.07) is 7.54. The van der Waals surface area contributed by atoms with Crippen molar-refractivity contribution < 1.29 is 9.21 Å². The fraction of sp³-hybridized carbons (Fsp3) is 0.294. The normalized spacial score (nSPS) is 17.1. The molecule has 8 heteroatoms. The van der Waals surface area contributed by atoms with Gasteiger partial charge in [0.2, 0.25) is 5.91 Å². The lowest BCUT2D eigenvalue weighted by Gasteiger charge is -2.19. The third-order valence-corrected chi connectivity index (χ3v) is 5.13. The molecule has 0 saturated heterocycles. The van der Waals surface area contributed by atoms with E-state index in [0.29, 0.717) is 19.3 Å². The maximum atomic E-state index is 12.8. The van der Waals surface area contributed by atoms with Crippen molar-refractivity contribution in [3.63, 3.8) is 0 Å². The molecular formula is C17H17N5O2S. The number of rotatable bonds is 5. The fourth-order valence-electron chi connectivity index (χ4n) is 2.90. The molecule has 4 heterocycles. The number of thiophene rings is 1. The molecule has 1 aliphatic rings. The number of aromatic nitrogens is 3. The molecule has 0 aromatic carbocycles. The molecule has 0 saturated carbocycles. The Hall–Kier alpha value is -2.74. The first-order valence-corrected chi connectivity index (χ1v) is 8.90. The summed E-state index contributed by atoms with van der Waals surface area (Å²) in [5.41, 5.74) is 0.920. The Bertz CT molecular complexity index is 882. The topological polar surface area (TPSA) is 76.5 Å². The van der Waals surface area contributed by atoms with Gasteiger partial charge in [-0.25, -0.2) is 5.01 Å². The zero-order valence-electron chi connectivity index (χ0n) is 13.7. The van der Waals surface area contributed by atoms with Crippen molar-refractivity contribution in [1.29, 1.82) is 0 Å². The summed E-state index contributed by atoms with van der Waals surface area (Å²) < 4.78 is 7.36. The lowest BCUT2D eigenvalue weighted by molar-refractivity contribution is -0.133. The Morgan fingerprint density at radius 1 is 1.40 bits per heavy atom. The fourth-order valence-corrected chi connectivity index (χ4v) is 3.62. The van der Waals surface area contributed by atoms with Crippen molar-refractivity contribution in [3.8, 4) is 0 Å². The van der Waals surface area contributed by atoms with Crippen LogP contribution in [0.15, 0.2) is 51.8 Å². The Labute approximate surface area is 148 Å². The maximum Gasteiger partial charge on any atom is 0.243 e. The lowest BCUT2D eigenvalue weighted by Crippen LogP contribution is -2.27. The van der Waals surface area contributed by atoms with E-state index >= 15 is 0 Å². The van der Waals surface area contributed by atoms with Crippen LogP contribution < -0.4 is 0 Å². The van der Waals surface area contributed by atoms with Gasteiger partial charge in [0.1, 0.15) is 24.0 Å². The van der Waals surface area contributed by atoms with Crippen molar-refractivity contribution >= 4 is 23.0 Å². The van der Waals surface area contributed by atoms with Crippen LogP contribution in [0, 0.1) is 0 Å². The van der Waals surface area contributed by atoms with Crippen LogP contribution in [-0.2, 0) is 18.3 Å². The van der Waals surface area contributed by atoms with Crippen LogP contribution in [0.3, 0.4) is 0 Å².